The van der Waals surface area contributed by atoms with Crippen molar-refractivity contribution < 1.29 is 31.9 Å². The summed E-state index contributed by atoms with van der Waals surface area (Å²) in [6.45, 7) is -0.310. The van der Waals surface area contributed by atoms with Crippen molar-refractivity contribution in [1.82, 2.24) is 4.72 Å². The lowest BCUT2D eigenvalue weighted by Crippen LogP contribution is -2.30. The van der Waals surface area contributed by atoms with E-state index in [2.05, 4.69) is 10.1 Å². The average Bonchev–Trinajstić information content (AvgIpc) is 2.61. The molecular weight excluding hydrogens is 367 g/mol. The van der Waals surface area contributed by atoms with Crippen LogP contribution in [0.4, 0.5) is 14.9 Å². The van der Waals surface area contributed by atoms with E-state index in [0.29, 0.717) is 11.4 Å². The van der Waals surface area contributed by atoms with E-state index in [-0.39, 0.29) is 11.5 Å². The maximum atomic E-state index is 12.8. The molecule has 0 radical (unpaired) electrons. The SMILES string of the molecule is COC(=O)NS(=O)(=O)c1ccc(NC(=O)COc2ccc(F)cc2)cc1. The fraction of sp³-hybridized carbons (Fsp3) is 0.125. The molecule has 2 rings (SSSR count). The predicted octanol–water partition coefficient (Wildman–Crippen LogP) is 1.89. The third-order valence-electron chi connectivity index (χ3n) is 3.04. The summed E-state index contributed by atoms with van der Waals surface area (Å²) >= 11 is 0. The van der Waals surface area contributed by atoms with Crippen LogP contribution >= 0.6 is 0 Å². The van der Waals surface area contributed by atoms with Crippen molar-refractivity contribution in [1.29, 1.82) is 0 Å². The Morgan fingerprint density at radius 3 is 2.23 bits per heavy atom. The number of hydrogen-bond acceptors (Lipinski definition) is 6. The number of ether oxygens (including phenoxy) is 2. The minimum Gasteiger partial charge on any atom is -0.484 e. The van der Waals surface area contributed by atoms with Gasteiger partial charge in [-0.2, -0.15) is 0 Å². The van der Waals surface area contributed by atoms with E-state index in [0.717, 1.165) is 7.11 Å². The highest BCUT2D eigenvalue weighted by Crippen LogP contribution is 2.15. The zero-order chi connectivity index (χ0) is 19.2. The van der Waals surface area contributed by atoms with E-state index >= 15 is 0 Å². The van der Waals surface area contributed by atoms with E-state index in [1.165, 1.54) is 48.5 Å². The van der Waals surface area contributed by atoms with Gasteiger partial charge in [0.1, 0.15) is 11.6 Å². The van der Waals surface area contributed by atoms with E-state index < -0.39 is 27.8 Å². The van der Waals surface area contributed by atoms with Crippen LogP contribution < -0.4 is 14.8 Å². The molecule has 2 aromatic carbocycles. The van der Waals surface area contributed by atoms with Gasteiger partial charge in [0.15, 0.2) is 6.61 Å². The van der Waals surface area contributed by atoms with E-state index in [1.54, 1.807) is 4.72 Å². The smallest absolute Gasteiger partial charge is 0.420 e. The second-order valence-electron chi connectivity index (χ2n) is 4.91. The van der Waals surface area contributed by atoms with Crippen LogP contribution in [0.15, 0.2) is 53.4 Å². The molecule has 0 aromatic heterocycles. The number of anilines is 1. The van der Waals surface area contributed by atoms with Crippen molar-refractivity contribution in [3.63, 3.8) is 0 Å². The number of sulfonamides is 1. The summed E-state index contributed by atoms with van der Waals surface area (Å²) in [6, 6.07) is 10.3. The van der Waals surface area contributed by atoms with Gasteiger partial charge in [0.2, 0.25) is 0 Å². The summed E-state index contributed by atoms with van der Waals surface area (Å²) in [4.78, 5) is 22.7. The molecule has 0 atom stereocenters. The molecular formula is C16H15FN2O6S. The number of nitrogens with one attached hydrogen (secondary N) is 2. The van der Waals surface area contributed by atoms with Crippen molar-refractivity contribution in [3.05, 3.63) is 54.3 Å². The number of benzene rings is 2. The van der Waals surface area contributed by atoms with Crippen LogP contribution in [-0.4, -0.2) is 34.1 Å². The van der Waals surface area contributed by atoms with Gasteiger partial charge in [-0.05, 0) is 48.5 Å². The van der Waals surface area contributed by atoms with Gasteiger partial charge in [-0.1, -0.05) is 0 Å². The summed E-state index contributed by atoms with van der Waals surface area (Å²) in [5, 5.41) is 2.51. The molecule has 10 heteroatoms. The third-order valence-corrected chi connectivity index (χ3v) is 4.36. The van der Waals surface area contributed by atoms with Gasteiger partial charge < -0.3 is 14.8 Å². The minimum atomic E-state index is -4.06. The average molecular weight is 382 g/mol. The molecule has 8 nitrogen and oxygen atoms in total. The fourth-order valence-corrected chi connectivity index (χ4v) is 2.72. The molecule has 26 heavy (non-hydrogen) atoms. The van der Waals surface area contributed by atoms with Gasteiger partial charge in [0.25, 0.3) is 15.9 Å². The first-order chi connectivity index (χ1) is 12.3. The number of carbonyl (C=O) groups excluding carboxylic acids is 2. The molecule has 0 aliphatic heterocycles. The van der Waals surface area contributed by atoms with Gasteiger partial charge >= 0.3 is 6.09 Å². The second-order valence-corrected chi connectivity index (χ2v) is 6.59. The number of halogens is 1. The molecule has 0 unspecified atom stereocenters. The van der Waals surface area contributed by atoms with Crippen molar-refractivity contribution in [2.45, 2.75) is 4.90 Å². The van der Waals surface area contributed by atoms with Gasteiger partial charge in [-0.3, -0.25) is 4.79 Å². The Hall–Kier alpha value is -3.14. The van der Waals surface area contributed by atoms with Crippen LogP contribution in [0.5, 0.6) is 5.75 Å². The fourth-order valence-electron chi connectivity index (χ4n) is 1.80. The maximum Gasteiger partial charge on any atom is 0.420 e. The highest BCUT2D eigenvalue weighted by Gasteiger charge is 2.17. The largest absolute Gasteiger partial charge is 0.484 e. The van der Waals surface area contributed by atoms with E-state index in [9.17, 15) is 22.4 Å². The molecule has 2 aromatic rings. The molecule has 0 heterocycles. The molecule has 0 saturated carbocycles. The van der Waals surface area contributed by atoms with Crippen LogP contribution in [0.2, 0.25) is 0 Å². The lowest BCUT2D eigenvalue weighted by atomic mass is 10.3. The normalized spacial score (nSPS) is 10.7. The summed E-state index contributed by atoms with van der Waals surface area (Å²) in [5.41, 5.74) is 0.328. The molecule has 0 aliphatic rings. The van der Waals surface area contributed by atoms with Gasteiger partial charge in [0.05, 0.1) is 12.0 Å². The third kappa shape index (κ3) is 5.45. The Kier molecular flexibility index (Phi) is 6.12. The van der Waals surface area contributed by atoms with Crippen molar-refractivity contribution in [3.8, 4) is 5.75 Å². The molecule has 0 spiro atoms. The zero-order valence-electron chi connectivity index (χ0n) is 13.6. The Balaban J connectivity index is 1.92. The lowest BCUT2D eigenvalue weighted by Gasteiger charge is -2.09. The zero-order valence-corrected chi connectivity index (χ0v) is 14.4. The number of amides is 2. The van der Waals surface area contributed by atoms with Crippen LogP contribution in [-0.2, 0) is 19.6 Å². The van der Waals surface area contributed by atoms with Gasteiger partial charge in [-0.15, -0.1) is 0 Å². The Bertz CT molecular complexity index is 882. The summed E-state index contributed by atoms with van der Waals surface area (Å²) in [5.74, 6) is -0.576. The Labute approximate surface area is 149 Å². The number of hydrogen-bond donors (Lipinski definition) is 2. The molecule has 0 aliphatic carbocycles. The number of rotatable bonds is 6. The van der Waals surface area contributed by atoms with Crippen molar-refractivity contribution in [2.75, 3.05) is 19.0 Å². The highest BCUT2D eigenvalue weighted by molar-refractivity contribution is 7.90. The number of carbonyl (C=O) groups is 2. The molecule has 2 amide bonds. The standard InChI is InChI=1S/C16H15FN2O6S/c1-24-16(21)19-26(22,23)14-8-4-12(5-9-14)18-15(20)10-25-13-6-2-11(17)3-7-13/h2-9H,10H2,1H3,(H,18,20)(H,19,21). The van der Waals surface area contributed by atoms with Crippen LogP contribution in [0.3, 0.4) is 0 Å². The summed E-state index contributed by atoms with van der Waals surface area (Å²) in [7, 11) is -3.02. The minimum absolute atomic E-state index is 0.177. The molecule has 0 saturated heterocycles. The van der Waals surface area contributed by atoms with Crippen molar-refractivity contribution >= 4 is 27.7 Å². The Morgan fingerprint density at radius 1 is 1.04 bits per heavy atom. The van der Waals surface area contributed by atoms with Crippen LogP contribution in [0, 0.1) is 5.82 Å². The Morgan fingerprint density at radius 2 is 1.65 bits per heavy atom. The molecule has 2 N–H and O–H groups in total. The van der Waals surface area contributed by atoms with E-state index in [1.807, 2.05) is 0 Å². The number of methoxy groups -OCH3 is 1. The van der Waals surface area contributed by atoms with Crippen LogP contribution in [0.1, 0.15) is 0 Å². The lowest BCUT2D eigenvalue weighted by molar-refractivity contribution is -0.118. The van der Waals surface area contributed by atoms with Gasteiger partial charge in [-0.25, -0.2) is 22.3 Å². The summed E-state index contributed by atoms with van der Waals surface area (Å²) in [6.07, 6.45) is -1.11. The molecule has 0 fully saturated rings. The first-order valence-electron chi connectivity index (χ1n) is 7.19. The second kappa shape index (κ2) is 8.30. The quantitative estimate of drug-likeness (QED) is 0.789. The topological polar surface area (TPSA) is 111 Å². The first kappa shape index (κ1) is 19.2. The monoisotopic (exact) mass is 382 g/mol. The summed E-state index contributed by atoms with van der Waals surface area (Å²) < 4.78 is 47.6. The first-order valence-corrected chi connectivity index (χ1v) is 8.67. The van der Waals surface area contributed by atoms with Crippen molar-refractivity contribution in [2.24, 2.45) is 0 Å². The maximum absolute atomic E-state index is 12.8. The predicted molar refractivity (Wildman–Crippen MR) is 89.7 cm³/mol. The van der Waals surface area contributed by atoms with Crippen LogP contribution in [0.25, 0.3) is 0 Å². The molecule has 138 valence electrons. The molecule has 0 bridgehead atoms. The van der Waals surface area contributed by atoms with E-state index in [4.69, 9.17) is 4.74 Å². The van der Waals surface area contributed by atoms with Gasteiger partial charge in [0, 0.05) is 5.69 Å². The highest BCUT2D eigenvalue weighted by atomic mass is 32.2.